The summed E-state index contributed by atoms with van der Waals surface area (Å²) in [5, 5.41) is 6.89. The molecule has 0 fully saturated rings. The smallest absolute Gasteiger partial charge is 0.236 e. The predicted octanol–water partition coefficient (Wildman–Crippen LogP) is 2.56. The number of hydrogen-bond donors (Lipinski definition) is 3. The zero-order chi connectivity index (χ0) is 22.8. The number of aromatic nitrogens is 2. The Morgan fingerprint density at radius 3 is 2.72 bits per heavy atom. The first kappa shape index (κ1) is 22.0. The molecule has 2 aromatic rings. The number of nitrogens with one attached hydrogen (secondary N) is 2. The van der Waals surface area contributed by atoms with Gasteiger partial charge in [-0.25, -0.2) is 4.98 Å². The molecule has 0 spiro atoms. The van der Waals surface area contributed by atoms with Crippen LogP contribution in [0.4, 0.5) is 11.5 Å². The molecule has 8 nitrogen and oxygen atoms in total. The molecule has 8 heteroatoms. The summed E-state index contributed by atoms with van der Waals surface area (Å²) in [4.78, 5) is 35.0. The molecule has 2 aliphatic heterocycles. The molecule has 32 heavy (non-hydrogen) atoms. The van der Waals surface area contributed by atoms with E-state index in [1.807, 2.05) is 19.9 Å². The molecule has 1 aromatic carbocycles. The molecule has 3 heterocycles. The highest BCUT2D eigenvalue weighted by Crippen LogP contribution is 2.43. The van der Waals surface area contributed by atoms with Gasteiger partial charge in [0.25, 0.3) is 0 Å². The fraction of sp³-hybridized carbons (Fsp3) is 0.417. The Bertz CT molecular complexity index is 1050. The quantitative estimate of drug-likeness (QED) is 0.624. The van der Waals surface area contributed by atoms with Crippen molar-refractivity contribution in [3.8, 4) is 0 Å². The molecule has 0 aliphatic carbocycles. The molecule has 0 bridgehead atoms. The van der Waals surface area contributed by atoms with E-state index in [2.05, 4.69) is 45.7 Å². The molecule has 4 N–H and O–H groups in total. The number of aryl methyl sites for hydroxylation is 1. The van der Waals surface area contributed by atoms with Crippen molar-refractivity contribution in [3.63, 3.8) is 0 Å². The topological polar surface area (TPSA) is 113 Å². The van der Waals surface area contributed by atoms with Crippen LogP contribution in [-0.4, -0.2) is 40.9 Å². The van der Waals surface area contributed by atoms with Crippen molar-refractivity contribution in [1.82, 2.24) is 15.3 Å². The van der Waals surface area contributed by atoms with E-state index in [0.29, 0.717) is 5.82 Å². The van der Waals surface area contributed by atoms with Crippen LogP contribution in [0.1, 0.15) is 49.6 Å². The highest BCUT2D eigenvalue weighted by molar-refractivity contribution is 6.05. The van der Waals surface area contributed by atoms with E-state index in [-0.39, 0.29) is 30.3 Å². The maximum absolute atomic E-state index is 13.0. The molecular formula is C24H30N6O2. The fourth-order valence-corrected chi connectivity index (χ4v) is 4.56. The lowest BCUT2D eigenvalue weighted by atomic mass is 9.81. The van der Waals surface area contributed by atoms with E-state index < -0.39 is 5.91 Å². The van der Waals surface area contributed by atoms with Crippen LogP contribution in [-0.2, 0) is 9.59 Å². The van der Waals surface area contributed by atoms with Crippen molar-refractivity contribution in [2.45, 2.75) is 45.7 Å². The number of fused-ring (bicyclic) bond motifs is 1. The van der Waals surface area contributed by atoms with Crippen LogP contribution in [0.5, 0.6) is 0 Å². The molecule has 0 saturated carbocycles. The molecule has 3 atom stereocenters. The third-order valence-corrected chi connectivity index (χ3v) is 6.43. The van der Waals surface area contributed by atoms with Crippen molar-refractivity contribution in [1.29, 1.82) is 0 Å². The molecular weight excluding hydrogens is 404 g/mol. The number of hydrogen-bond acceptors (Lipinski definition) is 6. The lowest BCUT2D eigenvalue weighted by Crippen LogP contribution is -2.50. The normalized spacial score (nSPS) is 22.7. The summed E-state index contributed by atoms with van der Waals surface area (Å²) in [5.41, 5.74) is 10.4. The molecule has 0 unspecified atom stereocenters. The van der Waals surface area contributed by atoms with Crippen LogP contribution in [0.15, 0.2) is 36.7 Å². The highest BCUT2D eigenvalue weighted by atomic mass is 16.2. The average molecular weight is 435 g/mol. The van der Waals surface area contributed by atoms with Crippen LogP contribution in [0, 0.1) is 12.8 Å². The average Bonchev–Trinajstić information content (AvgIpc) is 2.78. The molecule has 1 aromatic heterocycles. The third-order valence-electron chi connectivity index (χ3n) is 6.43. The fourth-order valence-electron chi connectivity index (χ4n) is 4.56. The summed E-state index contributed by atoms with van der Waals surface area (Å²) >= 11 is 0. The van der Waals surface area contributed by atoms with Crippen LogP contribution in [0.25, 0.3) is 5.57 Å². The van der Waals surface area contributed by atoms with Crippen LogP contribution in [0.3, 0.4) is 0 Å². The van der Waals surface area contributed by atoms with Gasteiger partial charge in [-0.3, -0.25) is 14.6 Å². The Labute approximate surface area is 188 Å². The lowest BCUT2D eigenvalue weighted by Gasteiger charge is -2.44. The van der Waals surface area contributed by atoms with Gasteiger partial charge >= 0.3 is 0 Å². The monoisotopic (exact) mass is 434 g/mol. The molecule has 0 radical (unpaired) electrons. The lowest BCUT2D eigenvalue weighted by molar-refractivity contribution is -0.126. The highest BCUT2D eigenvalue weighted by Gasteiger charge is 2.39. The van der Waals surface area contributed by atoms with Gasteiger partial charge in [-0.1, -0.05) is 19.1 Å². The zero-order valence-corrected chi connectivity index (χ0v) is 18.8. The zero-order valence-electron chi connectivity index (χ0n) is 18.8. The minimum absolute atomic E-state index is 0.0553. The van der Waals surface area contributed by atoms with Gasteiger partial charge < -0.3 is 21.3 Å². The van der Waals surface area contributed by atoms with E-state index in [1.165, 1.54) is 5.57 Å². The number of nitrogens with two attached hydrogens (primary N) is 1. The second-order valence-corrected chi connectivity index (χ2v) is 8.63. The molecule has 168 valence electrons. The number of primary amides is 1. The minimum atomic E-state index is -0.622. The number of anilines is 2. The maximum atomic E-state index is 13.0. The molecule has 2 amide bonds. The number of carbonyl (C=O) groups excluding carboxylic acids is 2. The molecule has 2 aliphatic rings. The second-order valence-electron chi connectivity index (χ2n) is 8.63. The first-order valence-electron chi connectivity index (χ1n) is 11.0. The summed E-state index contributed by atoms with van der Waals surface area (Å²) in [6.07, 6.45) is 6.33. The molecule has 4 rings (SSSR count). The third kappa shape index (κ3) is 4.36. The van der Waals surface area contributed by atoms with Crippen LogP contribution >= 0.6 is 0 Å². The minimum Gasteiger partial charge on any atom is -0.369 e. The van der Waals surface area contributed by atoms with Gasteiger partial charge in [0.1, 0.15) is 12.2 Å². The van der Waals surface area contributed by atoms with Crippen molar-refractivity contribution in [2.24, 2.45) is 11.7 Å². The summed E-state index contributed by atoms with van der Waals surface area (Å²) in [7, 11) is 0. The predicted molar refractivity (Wildman–Crippen MR) is 125 cm³/mol. The van der Waals surface area contributed by atoms with E-state index in [1.54, 1.807) is 17.3 Å². The van der Waals surface area contributed by atoms with Gasteiger partial charge in [-0.2, -0.15) is 0 Å². The van der Waals surface area contributed by atoms with Gasteiger partial charge in [-0.05, 0) is 55.6 Å². The number of rotatable bonds is 5. The van der Waals surface area contributed by atoms with Gasteiger partial charge in [0.05, 0.1) is 24.1 Å². The van der Waals surface area contributed by atoms with E-state index in [0.717, 1.165) is 42.0 Å². The Hall–Kier alpha value is -3.26. The summed E-state index contributed by atoms with van der Waals surface area (Å²) in [6, 6.07) is 6.01. The van der Waals surface area contributed by atoms with E-state index >= 15 is 0 Å². The van der Waals surface area contributed by atoms with Crippen molar-refractivity contribution < 1.29 is 9.59 Å². The Kier molecular flexibility index (Phi) is 6.23. The Morgan fingerprint density at radius 2 is 2.06 bits per heavy atom. The standard InChI is InChI=1S/C24H30N6O2/c1-14-12-28-22(13-27-14)29-24-15(2)16(3)30(23(32)11-21(25)31)20-5-4-18(10-19(20)24)17-6-8-26-9-7-17/h4-6,10,12-13,15-16,24,26H,7-9,11H2,1-3H3,(H2,25,31)(H,28,29)/t15-,16-,24+/m0/s1. The van der Waals surface area contributed by atoms with Gasteiger partial charge in [0.15, 0.2) is 0 Å². The first-order chi connectivity index (χ1) is 15.3. The molecule has 0 saturated heterocycles. The number of amides is 2. The summed E-state index contributed by atoms with van der Waals surface area (Å²) in [6.45, 7) is 7.81. The van der Waals surface area contributed by atoms with Gasteiger partial charge in [-0.15, -0.1) is 0 Å². The largest absolute Gasteiger partial charge is 0.369 e. The van der Waals surface area contributed by atoms with Crippen molar-refractivity contribution >= 4 is 28.9 Å². The van der Waals surface area contributed by atoms with Gasteiger partial charge in [0.2, 0.25) is 11.8 Å². The maximum Gasteiger partial charge on any atom is 0.236 e. The number of benzene rings is 1. The van der Waals surface area contributed by atoms with E-state index in [4.69, 9.17) is 5.73 Å². The number of carbonyl (C=O) groups is 2. The van der Waals surface area contributed by atoms with Crippen molar-refractivity contribution in [3.05, 3.63) is 53.5 Å². The Balaban J connectivity index is 1.78. The SMILES string of the molecule is Cc1cnc(N[C@H]2c3cc(C4=CCNCC4)ccc3N(C(=O)CC(N)=O)[C@@H](C)[C@@H]2C)cn1. The van der Waals surface area contributed by atoms with Crippen molar-refractivity contribution in [2.75, 3.05) is 23.3 Å². The van der Waals surface area contributed by atoms with Gasteiger partial charge in [0, 0.05) is 24.2 Å². The number of nitrogens with zero attached hydrogens (tertiary/aromatic N) is 3. The second kappa shape index (κ2) is 9.08. The first-order valence-corrected chi connectivity index (χ1v) is 11.0. The van der Waals surface area contributed by atoms with E-state index in [9.17, 15) is 9.59 Å². The Morgan fingerprint density at radius 1 is 1.25 bits per heavy atom. The summed E-state index contributed by atoms with van der Waals surface area (Å²) < 4.78 is 0. The van der Waals surface area contributed by atoms with Crippen LogP contribution < -0.4 is 21.3 Å². The summed E-state index contributed by atoms with van der Waals surface area (Å²) in [5.74, 6) is -0.155. The van der Waals surface area contributed by atoms with Crippen LogP contribution in [0.2, 0.25) is 0 Å².